The van der Waals surface area contributed by atoms with Gasteiger partial charge in [0.25, 0.3) is 0 Å². The van der Waals surface area contributed by atoms with Crippen LogP contribution in [-0.2, 0) is 19.6 Å². The van der Waals surface area contributed by atoms with Crippen molar-refractivity contribution in [2.24, 2.45) is 0 Å². The Bertz CT molecular complexity index is 977. The van der Waals surface area contributed by atoms with E-state index in [1.165, 1.54) is 63.5 Å². The van der Waals surface area contributed by atoms with Crippen molar-refractivity contribution in [3.05, 3.63) is 48.3 Å². The van der Waals surface area contributed by atoms with Gasteiger partial charge in [0.2, 0.25) is 21.8 Å². The molecule has 2 aromatic carbocycles. The lowest BCUT2D eigenvalue weighted by Gasteiger charge is -2.18. The van der Waals surface area contributed by atoms with Crippen LogP contribution in [-0.4, -0.2) is 45.2 Å². The Kier molecular flexibility index (Phi) is 6.71. The number of hydrogen-bond acceptors (Lipinski definition) is 5. The van der Waals surface area contributed by atoms with Gasteiger partial charge in [-0.1, -0.05) is 0 Å². The van der Waals surface area contributed by atoms with Crippen molar-refractivity contribution >= 4 is 33.2 Å². The van der Waals surface area contributed by atoms with Crippen molar-refractivity contribution in [3.63, 3.8) is 0 Å². The second-order valence-corrected chi connectivity index (χ2v) is 7.90. The first-order valence-electron chi connectivity index (χ1n) is 8.11. The van der Waals surface area contributed by atoms with Gasteiger partial charge in [0.1, 0.15) is 11.6 Å². The van der Waals surface area contributed by atoms with Gasteiger partial charge < -0.3 is 15.4 Å². The Hall–Kier alpha value is -2.98. The minimum atomic E-state index is -3.99. The van der Waals surface area contributed by atoms with E-state index in [1.807, 2.05) is 0 Å². The van der Waals surface area contributed by atoms with Gasteiger partial charge in [-0.25, -0.2) is 12.8 Å². The quantitative estimate of drug-likeness (QED) is 0.728. The third-order valence-corrected chi connectivity index (χ3v) is 5.49. The summed E-state index contributed by atoms with van der Waals surface area (Å²) in [6, 6.07) is 9.06. The molecule has 0 saturated heterocycles. The van der Waals surface area contributed by atoms with Gasteiger partial charge in [0, 0.05) is 25.7 Å². The second-order valence-electron chi connectivity index (χ2n) is 5.86. The number of carbonyl (C=O) groups excluding carboxylic acids is 2. The number of rotatable bonds is 7. The predicted octanol–water partition coefficient (Wildman–Crippen LogP) is 2.05. The molecule has 0 fully saturated rings. The maximum atomic E-state index is 12.9. The number of nitrogens with zero attached hydrogens (tertiary/aromatic N) is 1. The summed E-state index contributed by atoms with van der Waals surface area (Å²) in [6.45, 7) is 0.868. The van der Waals surface area contributed by atoms with Crippen molar-refractivity contribution in [1.29, 1.82) is 0 Å². The molecule has 0 atom stereocenters. The fourth-order valence-electron chi connectivity index (χ4n) is 2.33. The molecule has 0 aliphatic heterocycles. The fraction of sp³-hybridized carbons (Fsp3) is 0.222. The standard InChI is InChI=1S/C18H20FN3O5S/c1-12(23)20-16-9-8-15(10-17(16)27-3)28(25,26)22(2)11-18(24)21-14-6-4-13(19)5-7-14/h4-10H,11H2,1-3H3,(H,20,23)(H,21,24). The average Bonchev–Trinajstić information content (AvgIpc) is 2.63. The van der Waals surface area contributed by atoms with E-state index in [4.69, 9.17) is 4.74 Å². The summed E-state index contributed by atoms with van der Waals surface area (Å²) in [6.07, 6.45) is 0. The molecule has 0 unspecified atom stereocenters. The summed E-state index contributed by atoms with van der Waals surface area (Å²) in [5.74, 6) is -1.20. The fourth-order valence-corrected chi connectivity index (χ4v) is 3.47. The van der Waals surface area contributed by atoms with Crippen LogP contribution >= 0.6 is 0 Å². The lowest BCUT2D eigenvalue weighted by Crippen LogP contribution is -2.35. The van der Waals surface area contributed by atoms with E-state index in [-0.39, 0.29) is 16.6 Å². The summed E-state index contributed by atoms with van der Waals surface area (Å²) in [4.78, 5) is 23.2. The smallest absolute Gasteiger partial charge is 0.243 e. The highest BCUT2D eigenvalue weighted by Crippen LogP contribution is 2.28. The zero-order valence-corrected chi connectivity index (χ0v) is 16.3. The SMILES string of the molecule is COc1cc(S(=O)(=O)N(C)CC(=O)Nc2ccc(F)cc2)ccc1NC(C)=O. The lowest BCUT2D eigenvalue weighted by atomic mass is 10.3. The number of ether oxygens (including phenoxy) is 1. The van der Waals surface area contributed by atoms with E-state index in [0.29, 0.717) is 11.4 Å². The third kappa shape index (κ3) is 5.27. The molecule has 0 heterocycles. The Morgan fingerprint density at radius 1 is 1.11 bits per heavy atom. The maximum Gasteiger partial charge on any atom is 0.243 e. The zero-order valence-electron chi connectivity index (χ0n) is 15.5. The summed E-state index contributed by atoms with van der Waals surface area (Å²) < 4.78 is 44.3. The second kappa shape index (κ2) is 8.81. The van der Waals surface area contributed by atoms with Crippen LogP contribution in [0.5, 0.6) is 5.75 Å². The first-order valence-corrected chi connectivity index (χ1v) is 9.55. The third-order valence-electron chi connectivity index (χ3n) is 3.69. The average molecular weight is 409 g/mol. The number of amides is 2. The van der Waals surface area contributed by atoms with Crippen LogP contribution in [0.3, 0.4) is 0 Å². The molecule has 10 heteroatoms. The van der Waals surface area contributed by atoms with E-state index in [2.05, 4.69) is 10.6 Å². The number of methoxy groups -OCH3 is 1. The molecule has 2 N–H and O–H groups in total. The number of nitrogens with one attached hydrogen (secondary N) is 2. The largest absolute Gasteiger partial charge is 0.495 e. The van der Waals surface area contributed by atoms with Gasteiger partial charge in [0.15, 0.2) is 0 Å². The molecule has 8 nitrogen and oxygen atoms in total. The van der Waals surface area contributed by atoms with Gasteiger partial charge in [0.05, 0.1) is 24.2 Å². The molecule has 28 heavy (non-hydrogen) atoms. The highest BCUT2D eigenvalue weighted by atomic mass is 32.2. The first kappa shape index (κ1) is 21.3. The van der Waals surface area contributed by atoms with Gasteiger partial charge in [-0.2, -0.15) is 4.31 Å². The van der Waals surface area contributed by atoms with E-state index in [1.54, 1.807) is 0 Å². The van der Waals surface area contributed by atoms with Crippen LogP contribution in [0.1, 0.15) is 6.92 Å². The summed E-state index contributed by atoms with van der Waals surface area (Å²) in [5.41, 5.74) is 0.671. The van der Waals surface area contributed by atoms with Gasteiger partial charge >= 0.3 is 0 Å². The Balaban J connectivity index is 2.15. The maximum absolute atomic E-state index is 12.9. The van der Waals surface area contributed by atoms with Crippen LogP contribution in [0.4, 0.5) is 15.8 Å². The Morgan fingerprint density at radius 2 is 1.75 bits per heavy atom. The molecular formula is C18H20FN3O5S. The summed E-state index contributed by atoms with van der Waals surface area (Å²) in [7, 11) is -1.39. The number of halogens is 1. The molecule has 0 bridgehead atoms. The van der Waals surface area contributed by atoms with E-state index >= 15 is 0 Å². The van der Waals surface area contributed by atoms with Crippen LogP contribution < -0.4 is 15.4 Å². The molecule has 0 saturated carbocycles. The molecule has 0 aliphatic carbocycles. The first-order chi connectivity index (χ1) is 13.1. The Morgan fingerprint density at radius 3 is 2.32 bits per heavy atom. The predicted molar refractivity (Wildman–Crippen MR) is 102 cm³/mol. The molecule has 2 amide bonds. The highest BCUT2D eigenvalue weighted by Gasteiger charge is 2.24. The number of benzene rings is 2. The number of anilines is 2. The number of sulfonamides is 1. The van der Waals surface area contributed by atoms with Crippen molar-refractivity contribution in [1.82, 2.24) is 4.31 Å². The molecular weight excluding hydrogens is 389 g/mol. The molecule has 0 aliphatic rings. The van der Waals surface area contributed by atoms with Crippen LogP contribution in [0, 0.1) is 5.82 Å². The van der Waals surface area contributed by atoms with Gasteiger partial charge in [-0.3, -0.25) is 9.59 Å². The van der Waals surface area contributed by atoms with Crippen molar-refractivity contribution < 1.29 is 27.1 Å². The van der Waals surface area contributed by atoms with Crippen molar-refractivity contribution in [2.75, 3.05) is 31.3 Å². The zero-order chi connectivity index (χ0) is 20.9. The normalized spacial score (nSPS) is 11.2. The molecule has 2 rings (SSSR count). The lowest BCUT2D eigenvalue weighted by molar-refractivity contribution is -0.116. The van der Waals surface area contributed by atoms with E-state index < -0.39 is 28.3 Å². The van der Waals surface area contributed by atoms with Gasteiger partial charge in [-0.15, -0.1) is 0 Å². The number of likely N-dealkylation sites (N-methyl/N-ethyl adjacent to an activating group) is 1. The van der Waals surface area contributed by atoms with E-state index in [9.17, 15) is 22.4 Å². The van der Waals surface area contributed by atoms with Crippen molar-refractivity contribution in [2.45, 2.75) is 11.8 Å². The summed E-state index contributed by atoms with van der Waals surface area (Å²) >= 11 is 0. The molecule has 0 spiro atoms. The number of carbonyl (C=O) groups is 2. The molecule has 2 aromatic rings. The highest BCUT2D eigenvalue weighted by molar-refractivity contribution is 7.89. The molecule has 0 radical (unpaired) electrons. The topological polar surface area (TPSA) is 105 Å². The molecule has 0 aromatic heterocycles. The minimum absolute atomic E-state index is 0.101. The minimum Gasteiger partial charge on any atom is -0.495 e. The van der Waals surface area contributed by atoms with E-state index in [0.717, 1.165) is 4.31 Å². The monoisotopic (exact) mass is 409 g/mol. The van der Waals surface area contributed by atoms with Crippen molar-refractivity contribution in [3.8, 4) is 5.75 Å². The van der Waals surface area contributed by atoms with Gasteiger partial charge in [-0.05, 0) is 36.4 Å². The van der Waals surface area contributed by atoms with Crippen LogP contribution in [0.2, 0.25) is 0 Å². The number of hydrogen-bond donors (Lipinski definition) is 2. The van der Waals surface area contributed by atoms with Crippen LogP contribution in [0.15, 0.2) is 47.4 Å². The summed E-state index contributed by atoms with van der Waals surface area (Å²) in [5, 5.41) is 5.03. The molecule has 150 valence electrons. The Labute approximate surface area is 162 Å². The van der Waals surface area contributed by atoms with Crippen LogP contribution in [0.25, 0.3) is 0 Å².